The zero-order valence-corrected chi connectivity index (χ0v) is 18.0. The number of ether oxygens (including phenoxy) is 3. The first-order valence-electron chi connectivity index (χ1n) is 9.40. The fourth-order valence-corrected chi connectivity index (χ4v) is 3.81. The Balaban J connectivity index is 1.45. The van der Waals surface area contributed by atoms with E-state index in [1.807, 2.05) is 41.8 Å². The molecule has 0 aliphatic carbocycles. The number of hydrogen-bond acceptors (Lipinski definition) is 8. The molecule has 8 nitrogen and oxygen atoms in total. The molecule has 158 valence electrons. The maximum Gasteiger partial charge on any atom is 0.342 e. The van der Waals surface area contributed by atoms with Gasteiger partial charge in [0.2, 0.25) is 0 Å². The summed E-state index contributed by atoms with van der Waals surface area (Å²) in [6, 6.07) is 11.1. The summed E-state index contributed by atoms with van der Waals surface area (Å²) in [4.78, 5) is 21.4. The number of rotatable bonds is 7. The molecule has 0 radical (unpaired) electrons. The zero-order chi connectivity index (χ0) is 21.8. The maximum absolute atomic E-state index is 12.6. The number of methoxy groups -OCH3 is 2. The SMILES string of the molecule is COc1ccc(-c2nc(COC(=O)c3cnn(-c4ccccn4)c3C)cs2)cc1OC. The lowest BCUT2D eigenvalue weighted by atomic mass is 10.2. The van der Waals surface area contributed by atoms with E-state index in [0.717, 1.165) is 10.6 Å². The minimum absolute atomic E-state index is 0.0663. The van der Waals surface area contributed by atoms with E-state index >= 15 is 0 Å². The molecule has 31 heavy (non-hydrogen) atoms. The van der Waals surface area contributed by atoms with Crippen LogP contribution < -0.4 is 9.47 Å². The Bertz CT molecular complexity index is 1200. The monoisotopic (exact) mass is 436 g/mol. The lowest BCUT2D eigenvalue weighted by Crippen LogP contribution is -2.08. The van der Waals surface area contributed by atoms with Crippen LogP contribution in [0.3, 0.4) is 0 Å². The van der Waals surface area contributed by atoms with Crippen molar-refractivity contribution < 1.29 is 19.0 Å². The predicted molar refractivity (Wildman–Crippen MR) is 116 cm³/mol. The van der Waals surface area contributed by atoms with E-state index in [9.17, 15) is 4.79 Å². The van der Waals surface area contributed by atoms with Crippen molar-refractivity contribution in [3.8, 4) is 27.9 Å². The molecule has 0 spiro atoms. The van der Waals surface area contributed by atoms with Crippen LogP contribution in [0.5, 0.6) is 11.5 Å². The third kappa shape index (κ3) is 4.26. The Kier molecular flexibility index (Phi) is 5.94. The summed E-state index contributed by atoms with van der Waals surface area (Å²) in [5, 5.41) is 6.92. The van der Waals surface area contributed by atoms with Crippen LogP contribution in [0.1, 0.15) is 21.7 Å². The van der Waals surface area contributed by atoms with E-state index in [1.54, 1.807) is 32.0 Å². The molecule has 4 aromatic rings. The highest BCUT2D eigenvalue weighted by Gasteiger charge is 2.18. The van der Waals surface area contributed by atoms with Crippen LogP contribution >= 0.6 is 11.3 Å². The van der Waals surface area contributed by atoms with E-state index < -0.39 is 5.97 Å². The minimum Gasteiger partial charge on any atom is -0.493 e. The Labute approximate surface area is 183 Å². The van der Waals surface area contributed by atoms with Gasteiger partial charge in [-0.25, -0.2) is 19.4 Å². The van der Waals surface area contributed by atoms with Crippen LogP contribution in [0.15, 0.2) is 54.2 Å². The smallest absolute Gasteiger partial charge is 0.342 e. The van der Waals surface area contributed by atoms with Crippen molar-refractivity contribution in [1.29, 1.82) is 0 Å². The van der Waals surface area contributed by atoms with Crippen molar-refractivity contribution in [2.45, 2.75) is 13.5 Å². The second kappa shape index (κ2) is 8.97. The summed E-state index contributed by atoms with van der Waals surface area (Å²) in [6.45, 7) is 1.87. The van der Waals surface area contributed by atoms with E-state index in [0.29, 0.717) is 34.3 Å². The molecule has 3 aromatic heterocycles. The Morgan fingerprint density at radius 2 is 1.97 bits per heavy atom. The van der Waals surface area contributed by atoms with Gasteiger partial charge in [-0.2, -0.15) is 5.10 Å². The average Bonchev–Trinajstić information content (AvgIpc) is 3.44. The fraction of sp³-hybridized carbons (Fsp3) is 0.182. The van der Waals surface area contributed by atoms with Gasteiger partial charge in [0.15, 0.2) is 17.3 Å². The molecule has 0 aliphatic heterocycles. The number of nitrogens with zero attached hydrogens (tertiary/aromatic N) is 4. The first-order valence-corrected chi connectivity index (χ1v) is 10.3. The highest BCUT2D eigenvalue weighted by molar-refractivity contribution is 7.13. The summed E-state index contributed by atoms with van der Waals surface area (Å²) < 4.78 is 17.7. The first kappa shape index (κ1) is 20.5. The molecular weight excluding hydrogens is 416 g/mol. The Hall–Kier alpha value is -3.72. The van der Waals surface area contributed by atoms with Crippen LogP contribution in [0.4, 0.5) is 0 Å². The van der Waals surface area contributed by atoms with Gasteiger partial charge in [-0.1, -0.05) is 6.07 Å². The summed E-state index contributed by atoms with van der Waals surface area (Å²) >= 11 is 1.46. The maximum atomic E-state index is 12.6. The normalized spacial score (nSPS) is 10.7. The summed E-state index contributed by atoms with van der Waals surface area (Å²) in [5.41, 5.74) is 2.61. The van der Waals surface area contributed by atoms with E-state index in [-0.39, 0.29) is 6.61 Å². The average molecular weight is 436 g/mol. The quantitative estimate of drug-likeness (QED) is 0.404. The molecule has 0 N–H and O–H groups in total. The van der Waals surface area contributed by atoms with Crippen LogP contribution in [0.2, 0.25) is 0 Å². The molecule has 0 fully saturated rings. The van der Waals surface area contributed by atoms with Gasteiger partial charge >= 0.3 is 5.97 Å². The second-order valence-electron chi connectivity index (χ2n) is 6.53. The van der Waals surface area contributed by atoms with E-state index in [4.69, 9.17) is 14.2 Å². The number of aromatic nitrogens is 4. The van der Waals surface area contributed by atoms with Gasteiger partial charge in [-0.05, 0) is 37.3 Å². The number of carbonyl (C=O) groups is 1. The van der Waals surface area contributed by atoms with Crippen molar-refractivity contribution in [1.82, 2.24) is 19.7 Å². The molecule has 4 rings (SSSR count). The lowest BCUT2D eigenvalue weighted by Gasteiger charge is -2.08. The topological polar surface area (TPSA) is 88.4 Å². The summed E-state index contributed by atoms with van der Waals surface area (Å²) in [5.74, 6) is 1.46. The van der Waals surface area contributed by atoms with Gasteiger partial charge < -0.3 is 14.2 Å². The second-order valence-corrected chi connectivity index (χ2v) is 7.39. The minimum atomic E-state index is -0.458. The standard InChI is InChI=1S/C22H20N4O4S/c1-14-17(11-24-26(14)20-6-4-5-9-23-20)22(27)30-12-16-13-31-21(25-16)15-7-8-18(28-2)19(10-15)29-3/h4-11,13H,12H2,1-3H3. The zero-order valence-electron chi connectivity index (χ0n) is 17.2. The van der Waals surface area contributed by atoms with Gasteiger partial charge in [0.05, 0.1) is 31.8 Å². The number of benzene rings is 1. The Morgan fingerprint density at radius 1 is 1.13 bits per heavy atom. The van der Waals surface area contributed by atoms with Gasteiger partial charge in [0.1, 0.15) is 17.2 Å². The van der Waals surface area contributed by atoms with Gasteiger partial charge in [0.25, 0.3) is 0 Å². The third-order valence-electron chi connectivity index (χ3n) is 4.63. The predicted octanol–water partition coefficient (Wildman–Crippen LogP) is 4.07. The van der Waals surface area contributed by atoms with Crippen LogP contribution in [0, 0.1) is 6.92 Å². The fourth-order valence-electron chi connectivity index (χ4n) is 3.01. The highest BCUT2D eigenvalue weighted by atomic mass is 32.1. The molecule has 0 atom stereocenters. The number of thiazole rings is 1. The molecular formula is C22H20N4O4S. The van der Waals surface area contributed by atoms with Gasteiger partial charge in [0, 0.05) is 17.1 Å². The molecule has 0 amide bonds. The third-order valence-corrected chi connectivity index (χ3v) is 5.57. The molecule has 0 aliphatic rings. The van der Waals surface area contributed by atoms with Crippen molar-refractivity contribution in [2.24, 2.45) is 0 Å². The van der Waals surface area contributed by atoms with Crippen LogP contribution in [0.25, 0.3) is 16.4 Å². The largest absolute Gasteiger partial charge is 0.493 e. The molecule has 3 heterocycles. The number of esters is 1. The summed E-state index contributed by atoms with van der Waals surface area (Å²) in [6.07, 6.45) is 3.16. The van der Waals surface area contributed by atoms with E-state index in [2.05, 4.69) is 15.1 Å². The van der Waals surface area contributed by atoms with Crippen molar-refractivity contribution in [3.05, 3.63) is 71.1 Å². The summed E-state index contributed by atoms with van der Waals surface area (Å²) in [7, 11) is 3.18. The molecule has 0 saturated carbocycles. The lowest BCUT2D eigenvalue weighted by molar-refractivity contribution is 0.0467. The Morgan fingerprint density at radius 3 is 2.71 bits per heavy atom. The number of carbonyl (C=O) groups excluding carboxylic acids is 1. The first-order chi connectivity index (χ1) is 15.1. The highest BCUT2D eigenvalue weighted by Crippen LogP contribution is 2.33. The molecule has 1 aromatic carbocycles. The van der Waals surface area contributed by atoms with Crippen LogP contribution in [-0.2, 0) is 11.3 Å². The molecule has 0 unspecified atom stereocenters. The van der Waals surface area contributed by atoms with Gasteiger partial charge in [-0.15, -0.1) is 11.3 Å². The van der Waals surface area contributed by atoms with Crippen molar-refractivity contribution in [3.63, 3.8) is 0 Å². The van der Waals surface area contributed by atoms with Crippen LogP contribution in [-0.4, -0.2) is 39.9 Å². The number of hydrogen-bond donors (Lipinski definition) is 0. The molecule has 0 bridgehead atoms. The number of pyridine rings is 1. The van der Waals surface area contributed by atoms with E-state index in [1.165, 1.54) is 17.5 Å². The van der Waals surface area contributed by atoms with Gasteiger partial charge in [-0.3, -0.25) is 0 Å². The van der Waals surface area contributed by atoms with Crippen molar-refractivity contribution in [2.75, 3.05) is 14.2 Å². The van der Waals surface area contributed by atoms with Crippen molar-refractivity contribution >= 4 is 17.3 Å². The molecule has 9 heteroatoms. The molecule has 0 saturated heterocycles.